The van der Waals surface area contributed by atoms with Gasteiger partial charge in [0.2, 0.25) is 0 Å². The van der Waals surface area contributed by atoms with Gasteiger partial charge in [-0.25, -0.2) is 0 Å². The van der Waals surface area contributed by atoms with E-state index >= 15 is 0 Å². The topological polar surface area (TPSA) is 12.0 Å². The number of nitrogens with one attached hydrogen (secondary N) is 1. The molecule has 0 aromatic heterocycles. The van der Waals surface area contributed by atoms with Gasteiger partial charge in [0.05, 0.1) is 0 Å². The van der Waals surface area contributed by atoms with E-state index < -0.39 is 0 Å². The Morgan fingerprint density at radius 2 is 1.88 bits per heavy atom. The summed E-state index contributed by atoms with van der Waals surface area (Å²) in [4.78, 5) is 0. The highest BCUT2D eigenvalue weighted by atomic mass is 14.9. The van der Waals surface area contributed by atoms with Crippen LogP contribution in [0, 0.1) is 5.92 Å². The molecule has 0 amide bonds. The molecule has 0 aromatic rings. The SMILES string of the molecule is CNC(C)(C)C1CC1. The quantitative estimate of drug-likeness (QED) is 0.570. The van der Waals surface area contributed by atoms with E-state index in [1.54, 1.807) is 0 Å². The van der Waals surface area contributed by atoms with Gasteiger partial charge in [-0.05, 0) is 39.7 Å². The molecule has 1 fully saturated rings. The fourth-order valence-electron chi connectivity index (χ4n) is 1.01. The van der Waals surface area contributed by atoms with Crippen LogP contribution in [-0.4, -0.2) is 12.6 Å². The molecule has 0 saturated heterocycles. The maximum Gasteiger partial charge on any atom is 0.0150 e. The molecule has 1 saturated carbocycles. The molecule has 48 valence electrons. The van der Waals surface area contributed by atoms with Crippen LogP contribution in [-0.2, 0) is 0 Å². The molecular formula is C7H15N. The van der Waals surface area contributed by atoms with Crippen LogP contribution in [0.3, 0.4) is 0 Å². The Balaban J connectivity index is 2.37. The van der Waals surface area contributed by atoms with Crippen molar-refractivity contribution >= 4 is 0 Å². The van der Waals surface area contributed by atoms with E-state index in [0.29, 0.717) is 5.54 Å². The zero-order valence-electron chi connectivity index (χ0n) is 5.99. The molecule has 8 heavy (non-hydrogen) atoms. The van der Waals surface area contributed by atoms with Crippen molar-refractivity contribution in [2.24, 2.45) is 5.92 Å². The highest BCUT2D eigenvalue weighted by Crippen LogP contribution is 2.38. The second-order valence-electron chi connectivity index (χ2n) is 3.25. The Morgan fingerprint density at radius 1 is 1.38 bits per heavy atom. The lowest BCUT2D eigenvalue weighted by Crippen LogP contribution is -2.38. The first-order chi connectivity index (χ1) is 3.67. The lowest BCUT2D eigenvalue weighted by atomic mass is 10.00. The molecule has 1 nitrogen and oxygen atoms in total. The largest absolute Gasteiger partial charge is 0.315 e. The lowest BCUT2D eigenvalue weighted by Gasteiger charge is -2.22. The second-order valence-corrected chi connectivity index (χ2v) is 3.25. The molecule has 0 heterocycles. The van der Waals surface area contributed by atoms with Gasteiger partial charge in [-0.2, -0.15) is 0 Å². The third-order valence-electron chi connectivity index (χ3n) is 2.24. The number of hydrogen-bond acceptors (Lipinski definition) is 1. The maximum atomic E-state index is 3.30. The molecule has 0 radical (unpaired) electrons. The summed E-state index contributed by atoms with van der Waals surface area (Å²) in [5, 5.41) is 3.30. The second kappa shape index (κ2) is 1.73. The van der Waals surface area contributed by atoms with Crippen molar-refractivity contribution in [3.63, 3.8) is 0 Å². The van der Waals surface area contributed by atoms with Crippen molar-refractivity contribution in [3.8, 4) is 0 Å². The Kier molecular flexibility index (Phi) is 1.31. The predicted molar refractivity (Wildman–Crippen MR) is 35.9 cm³/mol. The van der Waals surface area contributed by atoms with E-state index in [2.05, 4.69) is 19.2 Å². The van der Waals surface area contributed by atoms with E-state index in [9.17, 15) is 0 Å². The van der Waals surface area contributed by atoms with Gasteiger partial charge in [-0.1, -0.05) is 0 Å². The van der Waals surface area contributed by atoms with Crippen LogP contribution in [0.5, 0.6) is 0 Å². The molecule has 1 aliphatic carbocycles. The van der Waals surface area contributed by atoms with Gasteiger partial charge in [0.25, 0.3) is 0 Å². The normalized spacial score (nSPS) is 21.4. The predicted octanol–water partition coefficient (Wildman–Crippen LogP) is 1.39. The van der Waals surface area contributed by atoms with E-state index in [-0.39, 0.29) is 0 Å². The molecule has 1 rings (SSSR count). The minimum atomic E-state index is 0.403. The molecule has 0 atom stereocenters. The highest BCUT2D eigenvalue weighted by molar-refractivity contribution is 4.93. The minimum absolute atomic E-state index is 0.403. The molecule has 1 heteroatoms. The van der Waals surface area contributed by atoms with Crippen molar-refractivity contribution in [2.75, 3.05) is 7.05 Å². The number of rotatable bonds is 2. The fourth-order valence-corrected chi connectivity index (χ4v) is 1.01. The zero-order valence-corrected chi connectivity index (χ0v) is 5.99. The highest BCUT2D eigenvalue weighted by Gasteiger charge is 2.35. The van der Waals surface area contributed by atoms with Crippen molar-refractivity contribution in [3.05, 3.63) is 0 Å². The summed E-state index contributed by atoms with van der Waals surface area (Å²) in [6, 6.07) is 0. The first kappa shape index (κ1) is 6.09. The molecule has 0 aliphatic heterocycles. The summed E-state index contributed by atoms with van der Waals surface area (Å²) in [5.74, 6) is 0.951. The Labute approximate surface area is 51.5 Å². The van der Waals surface area contributed by atoms with Crippen LogP contribution < -0.4 is 5.32 Å². The van der Waals surface area contributed by atoms with Crippen LogP contribution in [0.4, 0.5) is 0 Å². The van der Waals surface area contributed by atoms with Crippen molar-refractivity contribution in [1.82, 2.24) is 5.32 Å². The average Bonchev–Trinajstić information content (AvgIpc) is 2.44. The third kappa shape index (κ3) is 1.03. The van der Waals surface area contributed by atoms with Crippen molar-refractivity contribution in [1.29, 1.82) is 0 Å². The molecular weight excluding hydrogens is 98.1 g/mol. The molecule has 0 bridgehead atoms. The van der Waals surface area contributed by atoms with Crippen LogP contribution in [0.2, 0.25) is 0 Å². The number of hydrogen-bond donors (Lipinski definition) is 1. The fraction of sp³-hybridized carbons (Fsp3) is 1.00. The van der Waals surface area contributed by atoms with E-state index in [0.717, 1.165) is 5.92 Å². The lowest BCUT2D eigenvalue weighted by molar-refractivity contribution is 0.371. The van der Waals surface area contributed by atoms with E-state index in [1.165, 1.54) is 12.8 Å². The van der Waals surface area contributed by atoms with Crippen LogP contribution in [0.1, 0.15) is 26.7 Å². The Bertz CT molecular complexity index is 82.4. The summed E-state index contributed by atoms with van der Waals surface area (Å²) in [7, 11) is 2.04. The molecule has 0 aromatic carbocycles. The van der Waals surface area contributed by atoms with Gasteiger partial charge in [-0.3, -0.25) is 0 Å². The van der Waals surface area contributed by atoms with Crippen LogP contribution >= 0.6 is 0 Å². The Hall–Kier alpha value is -0.0400. The van der Waals surface area contributed by atoms with Gasteiger partial charge in [-0.15, -0.1) is 0 Å². The summed E-state index contributed by atoms with van der Waals surface area (Å²) in [5.41, 5.74) is 0.403. The van der Waals surface area contributed by atoms with Crippen molar-refractivity contribution in [2.45, 2.75) is 32.2 Å². The summed E-state index contributed by atoms with van der Waals surface area (Å²) in [6.07, 6.45) is 2.85. The van der Waals surface area contributed by atoms with E-state index in [4.69, 9.17) is 0 Å². The average molecular weight is 113 g/mol. The van der Waals surface area contributed by atoms with Gasteiger partial charge >= 0.3 is 0 Å². The van der Waals surface area contributed by atoms with Gasteiger partial charge in [0, 0.05) is 5.54 Å². The first-order valence-corrected chi connectivity index (χ1v) is 3.36. The monoisotopic (exact) mass is 113 g/mol. The Morgan fingerprint density at radius 3 is 2.00 bits per heavy atom. The van der Waals surface area contributed by atoms with Crippen LogP contribution in [0.15, 0.2) is 0 Å². The van der Waals surface area contributed by atoms with E-state index in [1.807, 2.05) is 7.05 Å². The molecule has 0 spiro atoms. The molecule has 1 aliphatic rings. The van der Waals surface area contributed by atoms with Gasteiger partial charge in [0.15, 0.2) is 0 Å². The van der Waals surface area contributed by atoms with Gasteiger partial charge in [0.1, 0.15) is 0 Å². The first-order valence-electron chi connectivity index (χ1n) is 3.36. The third-order valence-corrected chi connectivity index (χ3v) is 2.24. The van der Waals surface area contributed by atoms with Crippen LogP contribution in [0.25, 0.3) is 0 Å². The zero-order chi connectivity index (χ0) is 6.20. The van der Waals surface area contributed by atoms with Gasteiger partial charge < -0.3 is 5.32 Å². The standard InChI is InChI=1S/C7H15N/c1-7(2,8-3)6-4-5-6/h6,8H,4-5H2,1-3H3. The maximum absolute atomic E-state index is 3.30. The summed E-state index contributed by atoms with van der Waals surface area (Å²) < 4.78 is 0. The summed E-state index contributed by atoms with van der Waals surface area (Å²) >= 11 is 0. The van der Waals surface area contributed by atoms with Crippen molar-refractivity contribution < 1.29 is 0 Å². The minimum Gasteiger partial charge on any atom is -0.315 e. The molecule has 1 N–H and O–H groups in total. The smallest absolute Gasteiger partial charge is 0.0150 e. The molecule has 0 unspecified atom stereocenters. The summed E-state index contributed by atoms with van der Waals surface area (Å²) in [6.45, 7) is 4.54.